The summed E-state index contributed by atoms with van der Waals surface area (Å²) >= 11 is 1.80. The summed E-state index contributed by atoms with van der Waals surface area (Å²) in [7, 11) is 0. The number of nitrogens with two attached hydrogens (primary N) is 1. The molecule has 0 radical (unpaired) electrons. The monoisotopic (exact) mass is 353 g/mol. The second-order valence-corrected chi connectivity index (χ2v) is 8.27. The normalized spacial score (nSPS) is 28.5. The number of carbonyl (C=O) groups is 3. The van der Waals surface area contributed by atoms with Crippen LogP contribution in [0.5, 0.6) is 0 Å². The molecule has 0 bridgehead atoms. The molecular weight excluding hydrogens is 326 g/mol. The summed E-state index contributed by atoms with van der Waals surface area (Å²) in [4.78, 5) is 40.5. The molecule has 3 aliphatic rings. The van der Waals surface area contributed by atoms with Crippen molar-refractivity contribution in [2.24, 2.45) is 17.1 Å². The van der Waals surface area contributed by atoms with Crippen molar-refractivity contribution in [1.82, 2.24) is 9.80 Å². The van der Waals surface area contributed by atoms with Gasteiger partial charge in [0.25, 0.3) is 0 Å². The minimum atomic E-state index is -0.921. The van der Waals surface area contributed by atoms with Crippen LogP contribution in [0.3, 0.4) is 0 Å². The lowest BCUT2D eigenvalue weighted by Gasteiger charge is -2.47. The smallest absolute Gasteiger partial charge is 0.238 e. The van der Waals surface area contributed by atoms with Crippen LogP contribution in [-0.2, 0) is 14.4 Å². The Morgan fingerprint density at radius 2 is 2.08 bits per heavy atom. The van der Waals surface area contributed by atoms with Crippen LogP contribution < -0.4 is 5.73 Å². The zero-order chi connectivity index (χ0) is 17.3. The van der Waals surface area contributed by atoms with Gasteiger partial charge in [-0.1, -0.05) is 0 Å². The lowest BCUT2D eigenvalue weighted by atomic mass is 9.83. The Morgan fingerprint density at radius 3 is 2.71 bits per heavy atom. The van der Waals surface area contributed by atoms with Crippen molar-refractivity contribution in [3.8, 4) is 0 Å². The summed E-state index contributed by atoms with van der Waals surface area (Å²) < 4.78 is 0. The van der Waals surface area contributed by atoms with Crippen molar-refractivity contribution in [2.45, 2.75) is 44.6 Å². The minimum Gasteiger partial charge on any atom is -0.369 e. The largest absolute Gasteiger partial charge is 0.369 e. The van der Waals surface area contributed by atoms with E-state index in [4.69, 9.17) is 5.73 Å². The van der Waals surface area contributed by atoms with E-state index in [0.29, 0.717) is 38.3 Å². The Labute approximate surface area is 147 Å². The summed E-state index contributed by atoms with van der Waals surface area (Å²) in [6, 6.07) is 0.251. The third-order valence-corrected chi connectivity index (χ3v) is 6.51. The van der Waals surface area contributed by atoms with E-state index in [0.717, 1.165) is 31.6 Å². The summed E-state index contributed by atoms with van der Waals surface area (Å²) in [6.07, 6.45) is 6.51. The van der Waals surface area contributed by atoms with Gasteiger partial charge in [-0.3, -0.25) is 14.4 Å². The van der Waals surface area contributed by atoms with Crippen LogP contribution in [0.15, 0.2) is 0 Å². The fourth-order valence-electron chi connectivity index (χ4n) is 4.20. The fraction of sp³-hybridized carbons (Fsp3) is 0.824. The first kappa shape index (κ1) is 17.6. The summed E-state index contributed by atoms with van der Waals surface area (Å²) in [6.45, 7) is 2.10. The molecule has 2 heterocycles. The van der Waals surface area contributed by atoms with Crippen LogP contribution in [0, 0.1) is 11.3 Å². The van der Waals surface area contributed by atoms with Crippen molar-refractivity contribution in [2.75, 3.05) is 31.6 Å². The zero-order valence-electron chi connectivity index (χ0n) is 14.3. The highest BCUT2D eigenvalue weighted by Crippen LogP contribution is 2.47. The molecule has 2 aliphatic heterocycles. The van der Waals surface area contributed by atoms with E-state index in [1.54, 1.807) is 11.8 Å². The fourth-order valence-corrected chi connectivity index (χ4v) is 4.62. The van der Waals surface area contributed by atoms with E-state index in [1.807, 2.05) is 9.80 Å². The number of carbonyl (C=O) groups excluding carboxylic acids is 3. The third-order valence-electron chi connectivity index (χ3n) is 5.81. The number of amides is 3. The van der Waals surface area contributed by atoms with E-state index in [2.05, 4.69) is 6.26 Å². The number of likely N-dealkylation sites (tertiary alicyclic amines) is 2. The van der Waals surface area contributed by atoms with Gasteiger partial charge in [0.05, 0.1) is 0 Å². The van der Waals surface area contributed by atoms with Crippen molar-refractivity contribution in [3.63, 3.8) is 0 Å². The zero-order valence-corrected chi connectivity index (χ0v) is 15.1. The van der Waals surface area contributed by atoms with Crippen molar-refractivity contribution >= 4 is 29.5 Å². The van der Waals surface area contributed by atoms with Crippen LogP contribution in [0.4, 0.5) is 0 Å². The quantitative estimate of drug-likeness (QED) is 0.567. The Balaban J connectivity index is 1.63. The van der Waals surface area contributed by atoms with Crippen LogP contribution in [0.1, 0.15) is 38.5 Å². The number of nitrogens with zero attached hydrogens (tertiary/aromatic N) is 2. The predicted octanol–water partition coefficient (Wildman–Crippen LogP) is 0.845. The molecule has 0 aromatic carbocycles. The van der Waals surface area contributed by atoms with E-state index >= 15 is 0 Å². The molecule has 2 saturated heterocycles. The second kappa shape index (κ2) is 6.94. The van der Waals surface area contributed by atoms with Gasteiger partial charge in [0.15, 0.2) is 0 Å². The molecule has 1 saturated carbocycles. The van der Waals surface area contributed by atoms with Crippen molar-refractivity contribution in [1.29, 1.82) is 0 Å². The average Bonchev–Trinajstić information content (AvgIpc) is 3.38. The maximum atomic E-state index is 12.7. The number of thioether (sulfide) groups is 1. The molecule has 0 spiro atoms. The first-order valence-electron chi connectivity index (χ1n) is 8.87. The van der Waals surface area contributed by atoms with Crippen molar-refractivity contribution in [3.05, 3.63) is 0 Å². The number of primary amides is 1. The van der Waals surface area contributed by atoms with Gasteiger partial charge in [-0.2, -0.15) is 11.8 Å². The van der Waals surface area contributed by atoms with Crippen LogP contribution in [-0.4, -0.2) is 65.2 Å². The van der Waals surface area contributed by atoms with Gasteiger partial charge in [-0.25, -0.2) is 0 Å². The van der Waals surface area contributed by atoms with Crippen LogP contribution >= 0.6 is 11.8 Å². The van der Waals surface area contributed by atoms with Gasteiger partial charge in [-0.05, 0) is 50.0 Å². The van der Waals surface area contributed by atoms with Gasteiger partial charge in [0.1, 0.15) is 5.41 Å². The Morgan fingerprint density at radius 1 is 1.33 bits per heavy atom. The number of rotatable bonds is 6. The molecule has 3 fully saturated rings. The third kappa shape index (κ3) is 3.15. The SMILES string of the molecule is CSCCCN1C(=O)CC[C@@H]2CN(C(=O)C3(C(N)=O)CC3)CC[C@@H]21. The molecule has 0 aromatic heterocycles. The number of fused-ring (bicyclic) bond motifs is 1. The molecule has 6 nitrogen and oxygen atoms in total. The maximum absolute atomic E-state index is 12.7. The van der Waals surface area contributed by atoms with Gasteiger partial charge in [-0.15, -0.1) is 0 Å². The van der Waals surface area contributed by atoms with E-state index in [9.17, 15) is 14.4 Å². The van der Waals surface area contributed by atoms with Crippen LogP contribution in [0.2, 0.25) is 0 Å². The Hall–Kier alpha value is -1.24. The van der Waals surface area contributed by atoms with Crippen LogP contribution in [0.25, 0.3) is 0 Å². The average molecular weight is 353 g/mol. The van der Waals surface area contributed by atoms with Gasteiger partial charge in [0.2, 0.25) is 17.7 Å². The summed E-state index contributed by atoms with van der Waals surface area (Å²) in [5.74, 6) is 1.09. The van der Waals surface area contributed by atoms with E-state index in [1.165, 1.54) is 0 Å². The second-order valence-electron chi connectivity index (χ2n) is 7.29. The molecule has 3 amide bonds. The standard InChI is InChI=1S/C17H27N3O3S/c1-24-10-2-8-20-13-5-9-19(11-12(13)3-4-14(20)21)16(23)17(6-7-17)15(18)22/h12-13H,2-11H2,1H3,(H2,18,22)/t12-,13+/m1/s1. The number of hydrogen-bond donors (Lipinski definition) is 1. The molecule has 7 heteroatoms. The highest BCUT2D eigenvalue weighted by atomic mass is 32.2. The molecule has 24 heavy (non-hydrogen) atoms. The number of hydrogen-bond acceptors (Lipinski definition) is 4. The Bertz CT molecular complexity index is 535. The van der Waals surface area contributed by atoms with Gasteiger partial charge >= 0.3 is 0 Å². The Kier molecular flexibility index (Phi) is 5.08. The summed E-state index contributed by atoms with van der Waals surface area (Å²) in [5.41, 5.74) is 4.52. The predicted molar refractivity (Wildman–Crippen MR) is 93.3 cm³/mol. The molecule has 2 N–H and O–H groups in total. The molecule has 2 atom stereocenters. The van der Waals surface area contributed by atoms with E-state index < -0.39 is 11.3 Å². The van der Waals surface area contributed by atoms with Gasteiger partial charge < -0.3 is 15.5 Å². The van der Waals surface area contributed by atoms with Crippen molar-refractivity contribution < 1.29 is 14.4 Å². The summed E-state index contributed by atoms with van der Waals surface area (Å²) in [5, 5.41) is 0. The first-order chi connectivity index (χ1) is 11.5. The molecule has 134 valence electrons. The lowest BCUT2D eigenvalue weighted by molar-refractivity contribution is -0.148. The highest BCUT2D eigenvalue weighted by Gasteiger charge is 2.57. The topological polar surface area (TPSA) is 83.7 Å². The molecule has 1 aliphatic carbocycles. The number of piperidine rings is 2. The lowest BCUT2D eigenvalue weighted by Crippen LogP contribution is -2.58. The molecule has 0 aromatic rings. The van der Waals surface area contributed by atoms with Gasteiger partial charge in [0, 0.05) is 32.1 Å². The molecule has 3 rings (SSSR count). The highest BCUT2D eigenvalue weighted by molar-refractivity contribution is 7.98. The van der Waals surface area contributed by atoms with E-state index in [-0.39, 0.29) is 17.9 Å². The molecular formula is C17H27N3O3S. The minimum absolute atomic E-state index is 0.0840. The first-order valence-corrected chi connectivity index (χ1v) is 10.3. The molecule has 0 unspecified atom stereocenters. The maximum Gasteiger partial charge on any atom is 0.238 e.